The second-order valence-electron chi connectivity index (χ2n) is 8.46. The molecule has 3 amide bonds. The van der Waals surface area contributed by atoms with Crippen LogP contribution in [0.2, 0.25) is 0 Å². The highest BCUT2D eigenvalue weighted by Gasteiger charge is 2.55. The van der Waals surface area contributed by atoms with E-state index in [1.54, 1.807) is 54.7 Å². The van der Waals surface area contributed by atoms with Gasteiger partial charge in [0.1, 0.15) is 24.3 Å². The molecule has 0 spiro atoms. The van der Waals surface area contributed by atoms with E-state index >= 15 is 0 Å². The van der Waals surface area contributed by atoms with E-state index in [1.165, 1.54) is 4.90 Å². The number of halogens is 2. The molecule has 2 atom stereocenters. The second-order valence-corrected chi connectivity index (χ2v) is 8.46. The molecule has 2 aromatic rings. The van der Waals surface area contributed by atoms with Gasteiger partial charge in [-0.25, -0.2) is 18.6 Å². The number of ether oxygens (including phenoxy) is 2. The lowest BCUT2D eigenvalue weighted by molar-refractivity contribution is -0.147. The minimum Gasteiger partial charge on any atom is -0.489 e. The van der Waals surface area contributed by atoms with Gasteiger partial charge in [-0.3, -0.25) is 14.6 Å². The van der Waals surface area contributed by atoms with Gasteiger partial charge >= 0.3 is 6.09 Å². The molecule has 12 heteroatoms. The van der Waals surface area contributed by atoms with E-state index in [-0.39, 0.29) is 32.5 Å². The number of hydrogen-bond acceptors (Lipinski definition) is 7. The predicted octanol–water partition coefficient (Wildman–Crippen LogP) is 1.85. The van der Waals surface area contributed by atoms with E-state index < -0.39 is 42.4 Å². The van der Waals surface area contributed by atoms with E-state index in [4.69, 9.17) is 15.2 Å². The fourth-order valence-corrected chi connectivity index (χ4v) is 4.43. The van der Waals surface area contributed by atoms with Crippen molar-refractivity contribution < 1.29 is 32.6 Å². The SMILES string of the molecule is NC(=O)O[C@H](COc1ccccc1)C(=O)N1CCC2=NN(CC(F)F)C(=O)[C@]2(Cc2ccccn2)C1. The van der Waals surface area contributed by atoms with Gasteiger partial charge in [-0.05, 0) is 24.3 Å². The van der Waals surface area contributed by atoms with Crippen LogP contribution in [0.1, 0.15) is 12.1 Å². The molecular formula is C24H25F2N5O5. The fourth-order valence-electron chi connectivity index (χ4n) is 4.43. The molecule has 2 N–H and O–H groups in total. The summed E-state index contributed by atoms with van der Waals surface area (Å²) in [4.78, 5) is 44.0. The first kappa shape index (κ1) is 25.0. The van der Waals surface area contributed by atoms with Crippen LogP contribution in [0.5, 0.6) is 5.75 Å². The Morgan fingerprint density at radius 1 is 1.14 bits per heavy atom. The Balaban J connectivity index is 1.58. The molecule has 0 radical (unpaired) electrons. The van der Waals surface area contributed by atoms with Crippen LogP contribution in [0.3, 0.4) is 0 Å². The molecule has 10 nitrogen and oxygen atoms in total. The van der Waals surface area contributed by atoms with Crippen molar-refractivity contribution in [1.29, 1.82) is 0 Å². The van der Waals surface area contributed by atoms with Gasteiger partial charge < -0.3 is 20.1 Å². The van der Waals surface area contributed by atoms with Crippen molar-refractivity contribution in [2.24, 2.45) is 16.3 Å². The summed E-state index contributed by atoms with van der Waals surface area (Å²) in [6.45, 7) is -1.16. The molecule has 190 valence electrons. The number of carbonyl (C=O) groups excluding carboxylic acids is 3. The van der Waals surface area contributed by atoms with Gasteiger partial charge in [-0.1, -0.05) is 24.3 Å². The summed E-state index contributed by atoms with van der Waals surface area (Å²) in [7, 11) is 0. The van der Waals surface area contributed by atoms with Crippen LogP contribution in [0.25, 0.3) is 0 Å². The van der Waals surface area contributed by atoms with Crippen molar-refractivity contribution in [2.75, 3.05) is 26.2 Å². The minimum atomic E-state index is -2.77. The number of para-hydroxylation sites is 1. The second kappa shape index (κ2) is 10.7. The van der Waals surface area contributed by atoms with Gasteiger partial charge in [0.2, 0.25) is 6.10 Å². The Bertz CT molecular complexity index is 1130. The highest BCUT2D eigenvalue weighted by atomic mass is 19.3. The summed E-state index contributed by atoms with van der Waals surface area (Å²) in [6, 6.07) is 13.8. The molecule has 36 heavy (non-hydrogen) atoms. The van der Waals surface area contributed by atoms with E-state index in [1.807, 2.05) is 0 Å². The third-order valence-electron chi connectivity index (χ3n) is 6.03. The van der Waals surface area contributed by atoms with Gasteiger partial charge in [0.25, 0.3) is 18.2 Å². The van der Waals surface area contributed by atoms with Crippen LogP contribution >= 0.6 is 0 Å². The number of alkyl halides is 2. The summed E-state index contributed by atoms with van der Waals surface area (Å²) in [5.41, 5.74) is 4.78. The third kappa shape index (κ3) is 5.42. The normalized spacial score (nSPS) is 20.1. The molecule has 4 rings (SSSR count). The molecule has 3 heterocycles. The van der Waals surface area contributed by atoms with Crippen molar-refractivity contribution in [3.63, 3.8) is 0 Å². The Morgan fingerprint density at radius 3 is 2.56 bits per heavy atom. The molecule has 1 fully saturated rings. The van der Waals surface area contributed by atoms with E-state index in [0.717, 1.165) is 5.01 Å². The zero-order chi connectivity index (χ0) is 25.7. The number of aromatic nitrogens is 1. The molecule has 1 aromatic heterocycles. The molecule has 0 unspecified atom stereocenters. The van der Waals surface area contributed by atoms with Crippen molar-refractivity contribution in [1.82, 2.24) is 14.9 Å². The number of hydrogen-bond donors (Lipinski definition) is 1. The number of amides is 3. The standard InChI is InChI=1S/C24H25F2N5O5/c25-20(26)13-31-22(33)24(12-16-6-4-5-10-28-16)15-30(11-9-19(24)29-31)21(32)18(36-23(27)34)14-35-17-7-2-1-3-8-17/h1-8,10,18,20H,9,11-15H2,(H2,27,34)/t18-,24-/m1/s1. The Labute approximate surface area is 205 Å². The minimum absolute atomic E-state index is 0.0664. The number of piperidine rings is 1. The monoisotopic (exact) mass is 501 g/mol. The number of hydrazone groups is 1. The van der Waals surface area contributed by atoms with Crippen molar-refractivity contribution in [2.45, 2.75) is 25.4 Å². The summed E-state index contributed by atoms with van der Waals surface area (Å²) >= 11 is 0. The highest BCUT2D eigenvalue weighted by Crippen LogP contribution is 2.38. The number of pyridine rings is 1. The number of carbonyl (C=O) groups is 3. The smallest absolute Gasteiger partial charge is 0.405 e. The maximum absolute atomic E-state index is 13.4. The third-order valence-corrected chi connectivity index (χ3v) is 6.03. The van der Waals surface area contributed by atoms with Gasteiger partial charge in [0, 0.05) is 37.8 Å². The lowest BCUT2D eigenvalue weighted by Gasteiger charge is -2.40. The number of primary amides is 1. The van der Waals surface area contributed by atoms with E-state index in [9.17, 15) is 23.2 Å². The topological polar surface area (TPSA) is 127 Å². The quantitative estimate of drug-likeness (QED) is 0.559. The van der Waals surface area contributed by atoms with Crippen molar-refractivity contribution in [3.8, 4) is 5.75 Å². The molecular weight excluding hydrogens is 476 g/mol. The van der Waals surface area contributed by atoms with E-state index in [2.05, 4.69) is 10.1 Å². The van der Waals surface area contributed by atoms with Gasteiger partial charge in [-0.15, -0.1) is 0 Å². The Hall–Kier alpha value is -4.09. The van der Waals surface area contributed by atoms with Gasteiger partial charge in [0.05, 0.1) is 5.71 Å². The molecule has 1 aromatic carbocycles. The maximum atomic E-state index is 13.4. The number of rotatable bonds is 9. The van der Waals surface area contributed by atoms with Crippen molar-refractivity contribution in [3.05, 3.63) is 60.4 Å². The van der Waals surface area contributed by atoms with Gasteiger partial charge in [0.15, 0.2) is 0 Å². The maximum Gasteiger partial charge on any atom is 0.405 e. The number of fused-ring (bicyclic) bond motifs is 1. The predicted molar refractivity (Wildman–Crippen MR) is 123 cm³/mol. The van der Waals surface area contributed by atoms with Crippen LogP contribution in [0, 0.1) is 5.41 Å². The van der Waals surface area contributed by atoms with Crippen LogP contribution in [0.15, 0.2) is 59.8 Å². The van der Waals surface area contributed by atoms with Crippen LogP contribution in [-0.2, 0) is 20.7 Å². The molecule has 0 saturated carbocycles. The van der Waals surface area contributed by atoms with Crippen LogP contribution in [0.4, 0.5) is 13.6 Å². The summed E-state index contributed by atoms with van der Waals surface area (Å²) < 4.78 is 36.9. The Kier molecular flexibility index (Phi) is 7.41. The lowest BCUT2D eigenvalue weighted by Crippen LogP contribution is -2.58. The molecule has 2 aliphatic rings. The van der Waals surface area contributed by atoms with Crippen molar-refractivity contribution >= 4 is 23.6 Å². The first-order valence-corrected chi connectivity index (χ1v) is 11.3. The first-order chi connectivity index (χ1) is 17.3. The van der Waals surface area contributed by atoms with Gasteiger partial charge in [-0.2, -0.15) is 5.10 Å². The average Bonchev–Trinajstić information content (AvgIpc) is 3.12. The highest BCUT2D eigenvalue weighted by molar-refractivity contribution is 6.13. The largest absolute Gasteiger partial charge is 0.489 e. The zero-order valence-corrected chi connectivity index (χ0v) is 19.3. The first-order valence-electron chi connectivity index (χ1n) is 11.3. The molecule has 2 aliphatic heterocycles. The average molecular weight is 501 g/mol. The number of nitrogens with zero attached hydrogens (tertiary/aromatic N) is 4. The summed E-state index contributed by atoms with van der Waals surface area (Å²) in [5, 5.41) is 4.96. The van der Waals surface area contributed by atoms with Crippen LogP contribution < -0.4 is 10.5 Å². The molecule has 1 saturated heterocycles. The van der Waals surface area contributed by atoms with Crippen LogP contribution in [-0.4, -0.2) is 77.3 Å². The number of likely N-dealkylation sites (tertiary alicyclic amines) is 1. The lowest BCUT2D eigenvalue weighted by atomic mass is 9.74. The molecule has 0 aliphatic carbocycles. The Morgan fingerprint density at radius 2 is 1.89 bits per heavy atom. The summed E-state index contributed by atoms with van der Waals surface area (Å²) in [5.74, 6) is -0.796. The van der Waals surface area contributed by atoms with E-state index in [0.29, 0.717) is 17.2 Å². The zero-order valence-electron chi connectivity index (χ0n) is 19.3. The fraction of sp³-hybridized carbons (Fsp3) is 0.375. The summed E-state index contributed by atoms with van der Waals surface area (Å²) in [6.07, 6.45) is -3.51. The number of benzene rings is 1. The molecule has 0 bridgehead atoms. The number of nitrogens with two attached hydrogens (primary N) is 1.